The van der Waals surface area contributed by atoms with Gasteiger partial charge >= 0.3 is 0 Å². The maximum Gasteiger partial charge on any atom is 0.141 e. The van der Waals surface area contributed by atoms with Gasteiger partial charge in [0, 0.05) is 15.8 Å². The van der Waals surface area contributed by atoms with Gasteiger partial charge in [0.05, 0.1) is 45.6 Å². The molecule has 0 fully saturated rings. The predicted molar refractivity (Wildman–Crippen MR) is 125 cm³/mol. The van der Waals surface area contributed by atoms with E-state index in [-0.39, 0.29) is 0 Å². The third-order valence-electron chi connectivity index (χ3n) is 5.63. The van der Waals surface area contributed by atoms with Gasteiger partial charge in [0.2, 0.25) is 0 Å². The minimum absolute atomic E-state index is 0.372. The van der Waals surface area contributed by atoms with E-state index in [1.165, 1.54) is 0 Å². The van der Waals surface area contributed by atoms with Crippen LogP contribution in [0.3, 0.4) is 0 Å². The summed E-state index contributed by atoms with van der Waals surface area (Å²) in [4.78, 5) is 8.17. The number of hydrogen-bond donors (Lipinski definition) is 2. The number of rotatable bonds is 2. The maximum absolute atomic E-state index is 9.61. The normalized spacial score (nSPS) is 11.7. The van der Waals surface area contributed by atoms with Crippen molar-refractivity contribution in [2.45, 2.75) is 6.92 Å². The van der Waals surface area contributed by atoms with Gasteiger partial charge in [-0.25, -0.2) is 4.98 Å². The van der Waals surface area contributed by atoms with Crippen molar-refractivity contribution in [3.63, 3.8) is 0 Å². The largest absolute Gasteiger partial charge is 0.411 e. The van der Waals surface area contributed by atoms with Crippen molar-refractivity contribution in [1.82, 2.24) is 9.97 Å². The summed E-state index contributed by atoms with van der Waals surface area (Å²) >= 11 is 6.32. The molecule has 0 aliphatic rings. The van der Waals surface area contributed by atoms with E-state index in [1.807, 2.05) is 36.4 Å². The number of halogens is 1. The lowest BCUT2D eigenvalue weighted by Crippen LogP contribution is -1.94. The molecule has 5 aromatic rings. The Morgan fingerprint density at radius 2 is 1.66 bits per heavy atom. The van der Waals surface area contributed by atoms with Crippen molar-refractivity contribution in [1.29, 1.82) is 10.5 Å². The molecule has 32 heavy (non-hydrogen) atoms. The van der Waals surface area contributed by atoms with Crippen LogP contribution in [0.4, 0.5) is 0 Å². The average molecular weight is 436 g/mol. The Morgan fingerprint density at radius 3 is 2.34 bits per heavy atom. The molecule has 0 saturated heterocycles. The topological polar surface area (TPSA) is 109 Å². The van der Waals surface area contributed by atoms with Crippen LogP contribution in [0.5, 0.6) is 0 Å². The van der Waals surface area contributed by atoms with E-state index in [9.17, 15) is 15.7 Å². The number of nitriles is 2. The number of nitrogens with one attached hydrogen (secondary N) is 1. The summed E-state index contributed by atoms with van der Waals surface area (Å²) in [5, 5.41) is 35.9. The van der Waals surface area contributed by atoms with Crippen molar-refractivity contribution in [3.05, 3.63) is 76.3 Å². The summed E-state index contributed by atoms with van der Waals surface area (Å²) < 4.78 is 0. The lowest BCUT2D eigenvalue weighted by atomic mass is 9.97. The van der Waals surface area contributed by atoms with E-state index < -0.39 is 0 Å². The second-order valence-corrected chi connectivity index (χ2v) is 7.83. The predicted octanol–water partition coefficient (Wildman–Crippen LogP) is 6.13. The molecule has 0 atom stereocenters. The van der Waals surface area contributed by atoms with Crippen molar-refractivity contribution in [2.24, 2.45) is 5.16 Å². The van der Waals surface area contributed by atoms with Gasteiger partial charge in [-0.1, -0.05) is 41.0 Å². The van der Waals surface area contributed by atoms with Gasteiger partial charge in [0.1, 0.15) is 5.82 Å². The van der Waals surface area contributed by atoms with Crippen LogP contribution >= 0.6 is 11.6 Å². The zero-order valence-corrected chi connectivity index (χ0v) is 17.6. The number of imidazole rings is 1. The van der Waals surface area contributed by atoms with Crippen molar-refractivity contribution in [2.75, 3.05) is 0 Å². The molecule has 0 saturated carbocycles. The Balaban J connectivity index is 1.95. The number of aromatic amines is 1. The molecule has 1 aromatic heterocycles. The number of fused-ring (bicyclic) bond motifs is 6. The van der Waals surface area contributed by atoms with Crippen molar-refractivity contribution in [3.8, 4) is 23.5 Å². The third kappa shape index (κ3) is 2.86. The summed E-state index contributed by atoms with van der Waals surface area (Å²) in [6.07, 6.45) is 0. The highest BCUT2D eigenvalue weighted by Crippen LogP contribution is 2.38. The van der Waals surface area contributed by atoms with E-state index in [2.05, 4.69) is 22.3 Å². The monoisotopic (exact) mass is 435 g/mol. The van der Waals surface area contributed by atoms with Crippen LogP contribution in [-0.4, -0.2) is 20.9 Å². The molecule has 152 valence electrons. The van der Waals surface area contributed by atoms with E-state index in [0.717, 1.165) is 32.6 Å². The maximum atomic E-state index is 9.61. The second-order valence-electron chi connectivity index (χ2n) is 7.40. The molecule has 0 aliphatic heterocycles. The van der Waals surface area contributed by atoms with Crippen LogP contribution in [0.15, 0.2) is 59.8 Å². The number of aromatic nitrogens is 2. The van der Waals surface area contributed by atoms with Gasteiger partial charge in [-0.3, -0.25) is 0 Å². The molecule has 2 N–H and O–H groups in total. The van der Waals surface area contributed by atoms with Crippen LogP contribution in [0, 0.1) is 22.7 Å². The fraction of sp³-hybridized carbons (Fsp3) is 0.0400. The summed E-state index contributed by atoms with van der Waals surface area (Å²) in [5.74, 6) is 0.453. The van der Waals surface area contributed by atoms with Crippen molar-refractivity contribution >= 4 is 49.9 Å². The number of hydrogen-bond acceptors (Lipinski definition) is 5. The van der Waals surface area contributed by atoms with E-state index in [0.29, 0.717) is 38.8 Å². The fourth-order valence-corrected chi connectivity index (χ4v) is 4.26. The Bertz CT molecular complexity index is 1650. The highest BCUT2D eigenvalue weighted by molar-refractivity contribution is 6.33. The first kappa shape index (κ1) is 19.6. The Labute approximate surface area is 187 Å². The van der Waals surface area contributed by atoms with E-state index in [1.54, 1.807) is 25.1 Å². The van der Waals surface area contributed by atoms with Crippen LogP contribution < -0.4 is 0 Å². The molecule has 6 nitrogen and oxygen atoms in total. The highest BCUT2D eigenvalue weighted by Gasteiger charge is 2.19. The average Bonchev–Trinajstić information content (AvgIpc) is 3.27. The smallest absolute Gasteiger partial charge is 0.141 e. The van der Waals surface area contributed by atoms with Gasteiger partial charge in [-0.05, 0) is 53.6 Å². The molecule has 5 rings (SSSR count). The molecule has 0 unspecified atom stereocenters. The SMILES string of the molecule is C/C(=N\O)c1ccc2c(c1)c1cc(Cl)ccc1c1[nH]c(-c3c(C#N)cccc3C#N)nc21. The number of nitrogens with zero attached hydrogens (tertiary/aromatic N) is 4. The van der Waals surface area contributed by atoms with Gasteiger partial charge in [-0.2, -0.15) is 10.5 Å². The minimum Gasteiger partial charge on any atom is -0.411 e. The summed E-state index contributed by atoms with van der Waals surface area (Å²) in [6, 6.07) is 20.7. The van der Waals surface area contributed by atoms with Gasteiger partial charge in [0.25, 0.3) is 0 Å². The third-order valence-corrected chi connectivity index (χ3v) is 5.86. The number of H-pyrrole nitrogens is 1. The van der Waals surface area contributed by atoms with Crippen LogP contribution in [0.1, 0.15) is 23.6 Å². The molecule has 1 heterocycles. The molecular formula is C25H14ClN5O. The number of oxime groups is 1. The minimum atomic E-state index is 0.372. The molecule has 4 aromatic carbocycles. The summed E-state index contributed by atoms with van der Waals surface area (Å²) in [6.45, 7) is 1.73. The molecule has 0 aliphatic carbocycles. The Morgan fingerprint density at radius 1 is 0.969 bits per heavy atom. The van der Waals surface area contributed by atoms with Crippen LogP contribution in [0.2, 0.25) is 5.02 Å². The lowest BCUT2D eigenvalue weighted by Gasteiger charge is -2.08. The molecule has 0 bridgehead atoms. The highest BCUT2D eigenvalue weighted by atomic mass is 35.5. The molecule has 7 heteroatoms. The van der Waals surface area contributed by atoms with E-state index >= 15 is 0 Å². The van der Waals surface area contributed by atoms with Crippen LogP contribution in [-0.2, 0) is 0 Å². The van der Waals surface area contributed by atoms with Gasteiger partial charge in [-0.15, -0.1) is 0 Å². The lowest BCUT2D eigenvalue weighted by molar-refractivity contribution is 0.319. The summed E-state index contributed by atoms with van der Waals surface area (Å²) in [5.41, 5.74) is 3.99. The second kappa shape index (κ2) is 7.39. The zero-order chi connectivity index (χ0) is 22.4. The summed E-state index contributed by atoms with van der Waals surface area (Å²) in [7, 11) is 0. The Hall–Kier alpha value is -4.39. The van der Waals surface area contributed by atoms with Crippen LogP contribution in [0.25, 0.3) is 44.0 Å². The molecule has 0 radical (unpaired) electrons. The number of benzene rings is 4. The van der Waals surface area contributed by atoms with Gasteiger partial charge in [0.15, 0.2) is 0 Å². The van der Waals surface area contributed by atoms with E-state index in [4.69, 9.17) is 16.6 Å². The molecule has 0 spiro atoms. The van der Waals surface area contributed by atoms with Crippen molar-refractivity contribution < 1.29 is 5.21 Å². The molecular weight excluding hydrogens is 422 g/mol. The van der Waals surface area contributed by atoms with Gasteiger partial charge < -0.3 is 10.2 Å². The first-order chi connectivity index (χ1) is 15.5. The fourth-order valence-electron chi connectivity index (χ4n) is 4.09. The Kier molecular flexibility index (Phi) is 4.52. The standard InChI is InChI=1S/C25H14ClN5O/c1-13(31-32)14-5-7-18-20(9-14)21-10-17(26)6-8-19(21)24-23(18)29-25(30-24)22-15(11-27)3-2-4-16(22)12-28/h2-10,32H,1H3,(H,29,30)/b31-13+. The first-order valence-electron chi connectivity index (χ1n) is 9.73. The molecule has 0 amide bonds. The first-order valence-corrected chi connectivity index (χ1v) is 10.1. The zero-order valence-electron chi connectivity index (χ0n) is 16.8. The quantitative estimate of drug-likeness (QED) is 0.150.